The predicted molar refractivity (Wildman–Crippen MR) is 273 cm³/mol. The van der Waals surface area contributed by atoms with Crippen LogP contribution >= 0.6 is 0 Å². The third-order valence-corrected chi connectivity index (χ3v) is 12.8. The van der Waals surface area contributed by atoms with Crippen LogP contribution in [0.4, 0.5) is 34.1 Å². The molecule has 3 nitrogen and oxygen atoms in total. The first-order valence-corrected chi connectivity index (χ1v) is 22.0. The molecule has 0 aliphatic rings. The number of para-hydroxylation sites is 2. The highest BCUT2D eigenvalue weighted by molar-refractivity contribution is 6.13. The molecule has 11 aromatic carbocycles. The van der Waals surface area contributed by atoms with Gasteiger partial charge < -0.3 is 14.4 Å². The standard InChI is InChI=1S/C61H43N3/c1-42-26-31-48(32-27-42)62(50-35-28-43-14-5-6-16-46(43)40-50)49-33-29-45(30-34-49)52-37-39-60(55-22-10-9-21-54(52)55)64(58-25-13-17-44-15-7-8-20-53(44)58)51-36-38-61-57(41-51)56-23-11-12-24-59(56)63(61)47-18-3-2-4-19-47/h2-41H,1H3. The van der Waals surface area contributed by atoms with E-state index in [4.69, 9.17) is 0 Å². The Bertz CT molecular complexity index is 3670. The van der Waals surface area contributed by atoms with Crippen LogP contribution in [0.2, 0.25) is 0 Å². The lowest BCUT2D eigenvalue weighted by atomic mass is 9.95. The van der Waals surface area contributed by atoms with Crippen LogP contribution in [0.5, 0.6) is 0 Å². The molecule has 0 aliphatic heterocycles. The van der Waals surface area contributed by atoms with Crippen LogP contribution in [-0.2, 0) is 0 Å². The average molecular weight is 818 g/mol. The zero-order chi connectivity index (χ0) is 42.6. The molecular weight excluding hydrogens is 775 g/mol. The molecule has 302 valence electrons. The minimum atomic E-state index is 1.10. The molecule has 64 heavy (non-hydrogen) atoms. The molecule has 1 heterocycles. The Labute approximate surface area is 372 Å². The Kier molecular flexibility index (Phi) is 9.05. The van der Waals surface area contributed by atoms with Gasteiger partial charge in [0.05, 0.1) is 22.4 Å². The second kappa shape index (κ2) is 15.5. The summed E-state index contributed by atoms with van der Waals surface area (Å²) in [7, 11) is 0. The molecule has 0 spiro atoms. The number of aryl methyl sites for hydroxylation is 1. The molecule has 1 aromatic heterocycles. The molecular formula is C61H43N3. The fourth-order valence-corrected chi connectivity index (χ4v) is 9.74. The Morgan fingerprint density at radius 3 is 1.67 bits per heavy atom. The quantitative estimate of drug-likeness (QED) is 0.151. The molecule has 0 saturated carbocycles. The Hall–Kier alpha value is -8.40. The van der Waals surface area contributed by atoms with Crippen LogP contribution in [0, 0.1) is 6.92 Å². The van der Waals surface area contributed by atoms with Crippen molar-refractivity contribution in [1.29, 1.82) is 0 Å². The summed E-state index contributed by atoms with van der Waals surface area (Å²) in [5, 5.41) is 9.68. The topological polar surface area (TPSA) is 11.4 Å². The summed E-state index contributed by atoms with van der Waals surface area (Å²) < 4.78 is 2.38. The molecule has 0 radical (unpaired) electrons. The smallest absolute Gasteiger partial charge is 0.0542 e. The van der Waals surface area contributed by atoms with Crippen LogP contribution < -0.4 is 9.80 Å². The molecule has 12 aromatic rings. The Morgan fingerprint density at radius 2 is 0.875 bits per heavy atom. The van der Waals surface area contributed by atoms with Crippen molar-refractivity contribution in [2.24, 2.45) is 0 Å². The largest absolute Gasteiger partial charge is 0.310 e. The van der Waals surface area contributed by atoms with E-state index in [1.165, 1.54) is 70.8 Å². The maximum Gasteiger partial charge on any atom is 0.0542 e. The van der Waals surface area contributed by atoms with Crippen molar-refractivity contribution >= 4 is 88.2 Å². The van der Waals surface area contributed by atoms with Crippen molar-refractivity contribution in [1.82, 2.24) is 4.57 Å². The number of hydrogen-bond donors (Lipinski definition) is 0. The molecule has 0 amide bonds. The summed E-state index contributed by atoms with van der Waals surface area (Å²) in [6.07, 6.45) is 0. The van der Waals surface area contributed by atoms with Gasteiger partial charge in [-0.25, -0.2) is 0 Å². The van der Waals surface area contributed by atoms with Crippen LogP contribution in [-0.4, -0.2) is 4.57 Å². The maximum atomic E-state index is 2.47. The zero-order valence-corrected chi connectivity index (χ0v) is 35.4. The van der Waals surface area contributed by atoms with Crippen LogP contribution in [0.15, 0.2) is 243 Å². The van der Waals surface area contributed by atoms with Crippen molar-refractivity contribution < 1.29 is 0 Å². The van der Waals surface area contributed by atoms with Gasteiger partial charge in [-0.1, -0.05) is 163 Å². The van der Waals surface area contributed by atoms with E-state index in [9.17, 15) is 0 Å². The van der Waals surface area contributed by atoms with Gasteiger partial charge in [0.2, 0.25) is 0 Å². The van der Waals surface area contributed by atoms with E-state index in [0.717, 1.165) is 39.8 Å². The zero-order valence-electron chi connectivity index (χ0n) is 35.4. The number of nitrogens with zero attached hydrogens (tertiary/aromatic N) is 3. The van der Waals surface area contributed by atoms with Gasteiger partial charge in [-0.15, -0.1) is 0 Å². The third-order valence-electron chi connectivity index (χ3n) is 12.8. The first kappa shape index (κ1) is 37.4. The van der Waals surface area contributed by atoms with E-state index in [2.05, 4.69) is 264 Å². The predicted octanol–water partition coefficient (Wildman–Crippen LogP) is 17.2. The average Bonchev–Trinajstić information content (AvgIpc) is 3.69. The normalized spacial score (nSPS) is 11.5. The lowest BCUT2D eigenvalue weighted by Gasteiger charge is -2.29. The van der Waals surface area contributed by atoms with Crippen molar-refractivity contribution in [2.75, 3.05) is 9.80 Å². The minimum absolute atomic E-state index is 1.10. The van der Waals surface area contributed by atoms with Gasteiger partial charge in [0.25, 0.3) is 0 Å². The van der Waals surface area contributed by atoms with Crippen molar-refractivity contribution in [3.8, 4) is 16.8 Å². The van der Waals surface area contributed by atoms with Gasteiger partial charge in [-0.3, -0.25) is 0 Å². The summed E-state index contributed by atoms with van der Waals surface area (Å²) in [5.41, 5.74) is 13.8. The molecule has 0 N–H and O–H groups in total. The van der Waals surface area contributed by atoms with E-state index in [0.29, 0.717) is 0 Å². The third kappa shape index (κ3) is 6.37. The fourth-order valence-electron chi connectivity index (χ4n) is 9.74. The van der Waals surface area contributed by atoms with Crippen LogP contribution in [0.25, 0.3) is 70.9 Å². The first-order valence-electron chi connectivity index (χ1n) is 22.0. The molecule has 0 fully saturated rings. The van der Waals surface area contributed by atoms with Crippen molar-refractivity contribution in [3.05, 3.63) is 248 Å². The highest BCUT2D eigenvalue weighted by Crippen LogP contribution is 2.46. The van der Waals surface area contributed by atoms with Crippen LogP contribution in [0.1, 0.15) is 5.56 Å². The van der Waals surface area contributed by atoms with E-state index in [-0.39, 0.29) is 0 Å². The molecule has 0 bridgehead atoms. The van der Waals surface area contributed by atoms with Crippen molar-refractivity contribution in [3.63, 3.8) is 0 Å². The SMILES string of the molecule is Cc1ccc(N(c2ccc(-c3ccc(N(c4ccc5c(c4)c4ccccc4n5-c4ccccc4)c4cccc5ccccc45)c4ccccc34)cc2)c2ccc3ccccc3c2)cc1. The molecule has 3 heteroatoms. The van der Waals surface area contributed by atoms with Gasteiger partial charge in [-0.05, 0) is 125 Å². The lowest BCUT2D eigenvalue weighted by molar-refractivity contribution is 1.18. The van der Waals surface area contributed by atoms with Gasteiger partial charge in [0.1, 0.15) is 0 Å². The van der Waals surface area contributed by atoms with E-state index < -0.39 is 0 Å². The Balaban J connectivity index is 1.01. The number of benzene rings is 11. The number of rotatable bonds is 8. The highest BCUT2D eigenvalue weighted by atomic mass is 15.2. The molecule has 0 aliphatic carbocycles. The fraction of sp³-hybridized carbons (Fsp3) is 0.0164. The summed E-state index contributed by atoms with van der Waals surface area (Å²) in [6, 6.07) is 88.5. The van der Waals surface area contributed by atoms with Gasteiger partial charge in [-0.2, -0.15) is 0 Å². The summed E-state index contributed by atoms with van der Waals surface area (Å²) >= 11 is 0. The summed E-state index contributed by atoms with van der Waals surface area (Å²) in [5.74, 6) is 0. The molecule has 12 rings (SSSR count). The Morgan fingerprint density at radius 1 is 0.312 bits per heavy atom. The van der Waals surface area contributed by atoms with Gasteiger partial charge >= 0.3 is 0 Å². The van der Waals surface area contributed by atoms with E-state index in [1.807, 2.05) is 0 Å². The molecule has 0 saturated heterocycles. The van der Waals surface area contributed by atoms with Crippen LogP contribution in [0.3, 0.4) is 0 Å². The summed E-state index contributed by atoms with van der Waals surface area (Å²) in [4.78, 5) is 4.82. The number of aromatic nitrogens is 1. The number of fused-ring (bicyclic) bond motifs is 6. The number of hydrogen-bond acceptors (Lipinski definition) is 2. The number of anilines is 6. The second-order valence-electron chi connectivity index (χ2n) is 16.7. The highest BCUT2D eigenvalue weighted by Gasteiger charge is 2.22. The monoisotopic (exact) mass is 817 g/mol. The minimum Gasteiger partial charge on any atom is -0.310 e. The summed E-state index contributed by atoms with van der Waals surface area (Å²) in [6.45, 7) is 2.14. The van der Waals surface area contributed by atoms with Gasteiger partial charge in [0.15, 0.2) is 0 Å². The van der Waals surface area contributed by atoms with E-state index >= 15 is 0 Å². The lowest BCUT2D eigenvalue weighted by Crippen LogP contribution is -2.11. The molecule has 0 unspecified atom stereocenters. The maximum absolute atomic E-state index is 2.47. The van der Waals surface area contributed by atoms with Gasteiger partial charge in [0, 0.05) is 50.0 Å². The molecule has 0 atom stereocenters. The second-order valence-corrected chi connectivity index (χ2v) is 16.7. The van der Waals surface area contributed by atoms with E-state index in [1.54, 1.807) is 0 Å². The first-order chi connectivity index (χ1) is 31.7. The van der Waals surface area contributed by atoms with Crippen molar-refractivity contribution in [2.45, 2.75) is 6.92 Å².